The van der Waals surface area contributed by atoms with Gasteiger partial charge in [-0.15, -0.1) is 11.8 Å². The molecule has 0 atom stereocenters. The molecule has 22 heavy (non-hydrogen) atoms. The fraction of sp³-hybridized carbons (Fsp3) is 0.278. The minimum Gasteiger partial charge on any atom is -0.465 e. The van der Waals surface area contributed by atoms with Gasteiger partial charge in [-0.3, -0.25) is 4.79 Å². The lowest BCUT2D eigenvalue weighted by Gasteiger charge is -2.05. The molecule has 0 unspecified atom stereocenters. The van der Waals surface area contributed by atoms with Crippen LogP contribution in [0, 0.1) is 0 Å². The molecule has 0 aliphatic rings. The summed E-state index contributed by atoms with van der Waals surface area (Å²) in [6.07, 6.45) is 0.973. The van der Waals surface area contributed by atoms with Crippen molar-refractivity contribution in [2.45, 2.75) is 23.1 Å². The normalized spacial score (nSPS) is 10.4. The molecule has 116 valence electrons. The van der Waals surface area contributed by atoms with Crippen LogP contribution in [0.1, 0.15) is 12.5 Å². The van der Waals surface area contributed by atoms with E-state index < -0.39 is 0 Å². The van der Waals surface area contributed by atoms with Gasteiger partial charge in [0.15, 0.2) is 0 Å². The number of esters is 1. The van der Waals surface area contributed by atoms with Crippen LogP contribution in [-0.4, -0.2) is 24.1 Å². The molecular formula is C18H20O2S2. The lowest BCUT2D eigenvalue weighted by atomic mass is 10.2. The second kappa shape index (κ2) is 9.59. The van der Waals surface area contributed by atoms with Gasteiger partial charge in [-0.25, -0.2) is 0 Å². The number of carbonyl (C=O) groups is 1. The predicted molar refractivity (Wildman–Crippen MR) is 94.7 cm³/mol. The Labute approximate surface area is 140 Å². The van der Waals surface area contributed by atoms with E-state index in [0.29, 0.717) is 12.4 Å². The van der Waals surface area contributed by atoms with Crippen LogP contribution in [0.4, 0.5) is 0 Å². The zero-order valence-corrected chi connectivity index (χ0v) is 14.3. The summed E-state index contributed by atoms with van der Waals surface area (Å²) in [7, 11) is 0. The summed E-state index contributed by atoms with van der Waals surface area (Å²) in [6.45, 7) is 2.29. The number of thioether (sulfide) groups is 1. The molecule has 0 heterocycles. The molecule has 0 saturated heterocycles. The van der Waals surface area contributed by atoms with Crippen molar-refractivity contribution in [1.82, 2.24) is 0 Å². The molecule has 2 nitrogen and oxygen atoms in total. The van der Waals surface area contributed by atoms with Gasteiger partial charge in [0.2, 0.25) is 0 Å². The van der Waals surface area contributed by atoms with E-state index in [1.54, 1.807) is 23.5 Å². The van der Waals surface area contributed by atoms with Crippen molar-refractivity contribution in [3.63, 3.8) is 0 Å². The summed E-state index contributed by atoms with van der Waals surface area (Å²) in [6, 6.07) is 19.0. The number of carbonyl (C=O) groups excluding carboxylic acids is 1. The lowest BCUT2D eigenvalue weighted by molar-refractivity contribution is -0.139. The van der Waals surface area contributed by atoms with Gasteiger partial charge in [0.25, 0.3) is 0 Å². The van der Waals surface area contributed by atoms with Crippen LogP contribution < -0.4 is 0 Å². The molecule has 2 rings (SSSR count). The number of rotatable bonds is 8. The summed E-state index contributed by atoms with van der Waals surface area (Å²) in [4.78, 5) is 13.7. The van der Waals surface area contributed by atoms with Gasteiger partial charge in [-0.2, -0.15) is 0 Å². The molecule has 0 N–H and O–H groups in total. The number of hydrogen-bond acceptors (Lipinski definition) is 4. The number of aryl methyl sites for hydroxylation is 1. The molecule has 4 heteroatoms. The smallest absolute Gasteiger partial charge is 0.315 e. The van der Waals surface area contributed by atoms with Gasteiger partial charge < -0.3 is 4.74 Å². The maximum absolute atomic E-state index is 11.2. The van der Waals surface area contributed by atoms with Crippen molar-refractivity contribution in [2.24, 2.45) is 0 Å². The third-order valence-electron chi connectivity index (χ3n) is 2.96. The average molecular weight is 332 g/mol. The highest BCUT2D eigenvalue weighted by Crippen LogP contribution is 2.27. The molecular weight excluding hydrogens is 312 g/mol. The van der Waals surface area contributed by atoms with E-state index in [0.717, 1.165) is 12.2 Å². The zero-order chi connectivity index (χ0) is 15.6. The van der Waals surface area contributed by atoms with Crippen molar-refractivity contribution in [3.05, 3.63) is 60.2 Å². The first-order chi connectivity index (χ1) is 10.8. The third-order valence-corrected chi connectivity index (χ3v) is 4.91. The molecule has 0 fully saturated rings. The van der Waals surface area contributed by atoms with Gasteiger partial charge in [0, 0.05) is 9.79 Å². The second-order valence-corrected chi connectivity index (χ2v) is 6.92. The van der Waals surface area contributed by atoms with Crippen LogP contribution in [0.15, 0.2) is 64.4 Å². The van der Waals surface area contributed by atoms with Crippen molar-refractivity contribution < 1.29 is 9.53 Å². The number of ether oxygens (including phenoxy) is 1. The Balaban J connectivity index is 1.74. The van der Waals surface area contributed by atoms with Crippen LogP contribution in [-0.2, 0) is 16.0 Å². The minimum absolute atomic E-state index is 0.123. The Kier molecular flexibility index (Phi) is 7.40. The first kappa shape index (κ1) is 17.0. The van der Waals surface area contributed by atoms with E-state index in [-0.39, 0.29) is 5.97 Å². The highest BCUT2D eigenvalue weighted by molar-refractivity contribution is 8.00. The fourth-order valence-electron chi connectivity index (χ4n) is 1.90. The van der Waals surface area contributed by atoms with Crippen LogP contribution in [0.2, 0.25) is 0 Å². The average Bonchev–Trinajstić information content (AvgIpc) is 2.54. The maximum Gasteiger partial charge on any atom is 0.315 e. The molecule has 2 aromatic rings. The molecule has 0 aromatic heterocycles. The maximum atomic E-state index is 11.2. The standard InChI is InChI=1S/C18H20O2S2/c1-2-20-18(19)14-21-13-12-15-8-10-17(11-9-15)22-16-6-4-3-5-7-16/h3-11H,2,12-14H2,1H3. The van der Waals surface area contributed by atoms with Gasteiger partial charge in [-0.1, -0.05) is 42.1 Å². The summed E-state index contributed by atoms with van der Waals surface area (Å²) in [5, 5.41) is 0. The third kappa shape index (κ3) is 6.16. The van der Waals surface area contributed by atoms with Crippen LogP contribution in [0.5, 0.6) is 0 Å². The van der Waals surface area contributed by atoms with E-state index in [2.05, 4.69) is 48.5 Å². The predicted octanol–water partition coefficient (Wildman–Crippen LogP) is 4.68. The monoisotopic (exact) mass is 332 g/mol. The summed E-state index contributed by atoms with van der Waals surface area (Å²) in [5.74, 6) is 1.25. The van der Waals surface area contributed by atoms with Crippen molar-refractivity contribution in [3.8, 4) is 0 Å². The Morgan fingerprint density at radius 1 is 1.00 bits per heavy atom. The summed E-state index contributed by atoms with van der Waals surface area (Å²) >= 11 is 3.39. The van der Waals surface area contributed by atoms with Crippen molar-refractivity contribution in [1.29, 1.82) is 0 Å². The Morgan fingerprint density at radius 2 is 1.68 bits per heavy atom. The SMILES string of the molecule is CCOC(=O)CSCCc1ccc(Sc2ccccc2)cc1. The molecule has 0 radical (unpaired) electrons. The van der Waals surface area contributed by atoms with Crippen LogP contribution in [0.3, 0.4) is 0 Å². The van der Waals surface area contributed by atoms with Gasteiger partial charge in [0.1, 0.15) is 0 Å². The largest absolute Gasteiger partial charge is 0.465 e. The second-order valence-electron chi connectivity index (χ2n) is 4.67. The highest BCUT2D eigenvalue weighted by atomic mass is 32.2. The van der Waals surface area contributed by atoms with Gasteiger partial charge in [0.05, 0.1) is 12.4 Å². The Morgan fingerprint density at radius 3 is 2.36 bits per heavy atom. The summed E-state index contributed by atoms with van der Waals surface area (Å²) < 4.78 is 4.90. The quantitative estimate of drug-likeness (QED) is 0.518. The lowest BCUT2D eigenvalue weighted by Crippen LogP contribution is -2.07. The van der Waals surface area contributed by atoms with Crippen LogP contribution >= 0.6 is 23.5 Å². The Bertz CT molecular complexity index is 567. The molecule has 2 aromatic carbocycles. The van der Waals surface area contributed by atoms with Crippen molar-refractivity contribution in [2.75, 3.05) is 18.1 Å². The molecule has 0 saturated carbocycles. The Hall–Kier alpha value is -1.39. The zero-order valence-electron chi connectivity index (χ0n) is 12.7. The van der Waals surface area contributed by atoms with Crippen molar-refractivity contribution >= 4 is 29.5 Å². The fourth-order valence-corrected chi connectivity index (χ4v) is 3.51. The van der Waals surface area contributed by atoms with Gasteiger partial charge in [-0.05, 0) is 48.9 Å². The van der Waals surface area contributed by atoms with Crippen LogP contribution in [0.25, 0.3) is 0 Å². The van der Waals surface area contributed by atoms with E-state index in [1.165, 1.54) is 15.4 Å². The van der Waals surface area contributed by atoms with Gasteiger partial charge >= 0.3 is 5.97 Å². The number of benzene rings is 2. The minimum atomic E-state index is -0.123. The van der Waals surface area contributed by atoms with E-state index >= 15 is 0 Å². The topological polar surface area (TPSA) is 26.3 Å². The number of hydrogen-bond donors (Lipinski definition) is 0. The molecule has 0 spiro atoms. The first-order valence-corrected chi connectivity index (χ1v) is 9.30. The first-order valence-electron chi connectivity index (χ1n) is 7.33. The molecule has 0 aliphatic carbocycles. The summed E-state index contributed by atoms with van der Waals surface area (Å²) in [5.41, 5.74) is 1.30. The van der Waals surface area contributed by atoms with E-state index in [9.17, 15) is 4.79 Å². The molecule has 0 bridgehead atoms. The van der Waals surface area contributed by atoms with E-state index in [4.69, 9.17) is 4.74 Å². The van der Waals surface area contributed by atoms with E-state index in [1.807, 2.05) is 13.0 Å². The molecule has 0 aliphatic heterocycles. The molecule has 0 amide bonds. The highest BCUT2D eigenvalue weighted by Gasteiger charge is 2.02.